The summed E-state index contributed by atoms with van der Waals surface area (Å²) in [6.45, 7) is 1.51. The molecule has 0 unspecified atom stereocenters. The number of nitrogens with two attached hydrogens (primary N) is 1. The number of allylic oxidation sites excluding steroid dienone is 2. The Morgan fingerprint density at radius 3 is 2.95 bits per heavy atom. The van der Waals surface area contributed by atoms with Gasteiger partial charge in [-0.25, -0.2) is 0 Å². The number of carbonyl (C=O) groups excluding carboxylic acids is 2. The Bertz CT molecular complexity index is 593. The first kappa shape index (κ1) is 14.8. The molecule has 1 aromatic rings. The van der Waals surface area contributed by atoms with Crippen molar-refractivity contribution in [2.24, 2.45) is 11.7 Å². The van der Waals surface area contributed by atoms with Crippen molar-refractivity contribution in [3.05, 3.63) is 29.6 Å². The largest absolute Gasteiger partial charge is 0.364 e. The summed E-state index contributed by atoms with van der Waals surface area (Å²) in [5.74, 6) is 0.314. The summed E-state index contributed by atoms with van der Waals surface area (Å²) in [7, 11) is 0. The molecule has 0 spiro atoms. The highest BCUT2D eigenvalue weighted by atomic mass is 16.2. The molecule has 2 heterocycles. The second-order valence-corrected chi connectivity index (χ2v) is 6.22. The molecule has 6 nitrogen and oxygen atoms in total. The molecule has 1 saturated heterocycles. The van der Waals surface area contributed by atoms with Gasteiger partial charge < -0.3 is 10.6 Å². The molecule has 3 N–H and O–H groups in total. The maximum atomic E-state index is 12.4. The van der Waals surface area contributed by atoms with Gasteiger partial charge in [0.15, 0.2) is 0 Å². The molecule has 1 fully saturated rings. The maximum Gasteiger partial charge on any atom is 0.269 e. The fraction of sp³-hybridized carbons (Fsp3) is 0.562. The average Bonchev–Trinajstić information content (AvgIpc) is 3.18. The van der Waals surface area contributed by atoms with Crippen LogP contribution in [0.3, 0.4) is 0 Å². The molecule has 0 aromatic carbocycles. The molecule has 118 valence electrons. The Morgan fingerprint density at radius 2 is 2.27 bits per heavy atom. The van der Waals surface area contributed by atoms with Crippen LogP contribution in [0.4, 0.5) is 0 Å². The molecule has 2 amide bonds. The topological polar surface area (TPSA) is 92.1 Å². The van der Waals surface area contributed by atoms with Crippen molar-refractivity contribution in [1.82, 2.24) is 15.1 Å². The number of hydrogen-bond acceptors (Lipinski definition) is 3. The first-order chi connectivity index (χ1) is 10.6. The van der Waals surface area contributed by atoms with Crippen LogP contribution in [0.15, 0.2) is 18.2 Å². The van der Waals surface area contributed by atoms with Crippen molar-refractivity contribution in [2.45, 2.75) is 38.0 Å². The van der Waals surface area contributed by atoms with Gasteiger partial charge in [-0.15, -0.1) is 0 Å². The summed E-state index contributed by atoms with van der Waals surface area (Å²) in [6.07, 6.45) is 9.07. The fourth-order valence-electron chi connectivity index (χ4n) is 3.35. The van der Waals surface area contributed by atoms with Crippen molar-refractivity contribution in [3.63, 3.8) is 0 Å². The Morgan fingerprint density at radius 1 is 1.41 bits per heavy atom. The van der Waals surface area contributed by atoms with Gasteiger partial charge in [0.05, 0.1) is 0 Å². The number of H-pyrrole nitrogens is 1. The van der Waals surface area contributed by atoms with E-state index in [-0.39, 0.29) is 17.5 Å². The van der Waals surface area contributed by atoms with Gasteiger partial charge in [0, 0.05) is 31.1 Å². The van der Waals surface area contributed by atoms with Gasteiger partial charge in [0.25, 0.3) is 5.91 Å². The molecule has 2 atom stereocenters. The van der Waals surface area contributed by atoms with Crippen LogP contribution in [-0.4, -0.2) is 40.0 Å². The molecule has 0 radical (unpaired) electrons. The number of rotatable bonds is 4. The van der Waals surface area contributed by atoms with E-state index >= 15 is 0 Å². The summed E-state index contributed by atoms with van der Waals surface area (Å²) in [5, 5.41) is 6.82. The lowest BCUT2D eigenvalue weighted by atomic mass is 9.93. The zero-order valence-electron chi connectivity index (χ0n) is 12.6. The fourth-order valence-corrected chi connectivity index (χ4v) is 3.35. The van der Waals surface area contributed by atoms with Gasteiger partial charge in [0.2, 0.25) is 5.91 Å². The minimum Gasteiger partial charge on any atom is -0.364 e. The van der Waals surface area contributed by atoms with Gasteiger partial charge in [0.1, 0.15) is 5.69 Å². The second kappa shape index (κ2) is 6.34. The number of primary amides is 1. The smallest absolute Gasteiger partial charge is 0.269 e. The van der Waals surface area contributed by atoms with Crippen molar-refractivity contribution in [1.29, 1.82) is 0 Å². The molecule has 22 heavy (non-hydrogen) atoms. The highest BCUT2D eigenvalue weighted by Gasteiger charge is 2.27. The average molecular weight is 302 g/mol. The monoisotopic (exact) mass is 302 g/mol. The maximum absolute atomic E-state index is 12.4. The number of nitrogens with one attached hydrogen (secondary N) is 1. The van der Waals surface area contributed by atoms with Crippen LogP contribution in [0.1, 0.15) is 54.2 Å². The molecular weight excluding hydrogens is 280 g/mol. The van der Waals surface area contributed by atoms with Gasteiger partial charge >= 0.3 is 0 Å². The van der Waals surface area contributed by atoms with Crippen LogP contribution < -0.4 is 5.73 Å². The van der Waals surface area contributed by atoms with Crippen LogP contribution in [0.5, 0.6) is 0 Å². The third-order valence-electron chi connectivity index (χ3n) is 4.61. The highest BCUT2D eigenvalue weighted by molar-refractivity contribution is 5.90. The van der Waals surface area contributed by atoms with Crippen molar-refractivity contribution >= 4 is 11.8 Å². The first-order valence-electron chi connectivity index (χ1n) is 7.93. The van der Waals surface area contributed by atoms with Crippen molar-refractivity contribution in [2.75, 3.05) is 13.1 Å². The Labute approximate surface area is 129 Å². The third kappa shape index (κ3) is 3.21. The van der Waals surface area contributed by atoms with E-state index in [1.54, 1.807) is 6.07 Å². The lowest BCUT2D eigenvalue weighted by molar-refractivity contribution is -0.133. The van der Waals surface area contributed by atoms with Crippen LogP contribution in [0.25, 0.3) is 0 Å². The minimum atomic E-state index is -0.528. The van der Waals surface area contributed by atoms with E-state index in [2.05, 4.69) is 22.3 Å². The van der Waals surface area contributed by atoms with E-state index in [1.807, 2.05) is 4.90 Å². The van der Waals surface area contributed by atoms with Gasteiger partial charge in [-0.2, -0.15) is 5.10 Å². The molecule has 1 aromatic heterocycles. The van der Waals surface area contributed by atoms with E-state index in [4.69, 9.17) is 5.73 Å². The predicted molar refractivity (Wildman–Crippen MR) is 82.1 cm³/mol. The lowest BCUT2D eigenvalue weighted by Crippen LogP contribution is -2.39. The Hall–Kier alpha value is -2.11. The number of likely N-dealkylation sites (tertiary alicyclic amines) is 1. The normalized spacial score (nSPS) is 24.6. The summed E-state index contributed by atoms with van der Waals surface area (Å²) in [6, 6.07) is 1.71. The number of nitrogens with zero attached hydrogens (tertiary/aromatic N) is 2. The minimum absolute atomic E-state index is 0.206. The van der Waals surface area contributed by atoms with Crippen LogP contribution in [-0.2, 0) is 4.79 Å². The zero-order chi connectivity index (χ0) is 15.5. The number of hydrogen-bond donors (Lipinski definition) is 2. The molecule has 6 heteroatoms. The molecule has 2 aliphatic rings. The van der Waals surface area contributed by atoms with Crippen LogP contribution in [0, 0.1) is 5.92 Å². The Balaban J connectivity index is 1.61. The summed E-state index contributed by atoms with van der Waals surface area (Å²) in [5.41, 5.74) is 6.39. The molecule has 3 rings (SSSR count). The van der Waals surface area contributed by atoms with E-state index < -0.39 is 5.91 Å². The zero-order valence-corrected chi connectivity index (χ0v) is 12.6. The second-order valence-electron chi connectivity index (χ2n) is 6.22. The summed E-state index contributed by atoms with van der Waals surface area (Å²) in [4.78, 5) is 25.5. The number of aromatic amines is 1. The molecule has 0 saturated carbocycles. The standard InChI is InChI=1S/C16H22N4O2/c17-16(22)14-9-13(18-19-14)12-6-3-7-20(10-12)15(21)8-11-4-1-2-5-11/h1,4,9,11-12H,2-3,5-8,10H2,(H2,17,22)(H,18,19)/t11-,12+/m1/s1. The molecule has 1 aliphatic carbocycles. The van der Waals surface area contributed by atoms with Gasteiger partial charge in [-0.1, -0.05) is 12.2 Å². The predicted octanol–water partition coefficient (Wildman–Crippen LogP) is 1.57. The van der Waals surface area contributed by atoms with Gasteiger partial charge in [-0.3, -0.25) is 14.7 Å². The van der Waals surface area contributed by atoms with E-state index in [1.165, 1.54) is 0 Å². The van der Waals surface area contributed by atoms with Gasteiger partial charge in [-0.05, 0) is 37.7 Å². The van der Waals surface area contributed by atoms with Crippen LogP contribution >= 0.6 is 0 Å². The number of amides is 2. The lowest BCUT2D eigenvalue weighted by Gasteiger charge is -2.32. The quantitative estimate of drug-likeness (QED) is 0.827. The molecule has 0 bridgehead atoms. The first-order valence-corrected chi connectivity index (χ1v) is 7.93. The Kier molecular flexibility index (Phi) is 4.27. The third-order valence-corrected chi connectivity index (χ3v) is 4.61. The number of aromatic nitrogens is 2. The van der Waals surface area contributed by atoms with Crippen molar-refractivity contribution in [3.8, 4) is 0 Å². The molecular formula is C16H22N4O2. The van der Waals surface area contributed by atoms with Crippen LogP contribution in [0.2, 0.25) is 0 Å². The van der Waals surface area contributed by atoms with E-state index in [0.717, 1.165) is 37.9 Å². The van der Waals surface area contributed by atoms with E-state index in [0.29, 0.717) is 18.9 Å². The SMILES string of the molecule is NC(=O)c1cc([C@H]2CCCN(C(=O)C[C@@H]3C=CCC3)C2)[nH]n1. The van der Waals surface area contributed by atoms with E-state index in [9.17, 15) is 9.59 Å². The number of carbonyl (C=O) groups is 2. The summed E-state index contributed by atoms with van der Waals surface area (Å²) < 4.78 is 0. The summed E-state index contributed by atoms with van der Waals surface area (Å²) >= 11 is 0. The molecule has 1 aliphatic heterocycles. The number of piperidine rings is 1. The van der Waals surface area contributed by atoms with Crippen molar-refractivity contribution < 1.29 is 9.59 Å². The highest BCUT2D eigenvalue weighted by Crippen LogP contribution is 2.28.